The van der Waals surface area contributed by atoms with Gasteiger partial charge in [0.2, 0.25) is 5.41 Å². The number of benzene rings is 2. The Kier molecular flexibility index (Phi) is 7.06. The molecule has 2 unspecified atom stereocenters. The molecule has 2 aliphatic rings. The molecule has 5 nitrogen and oxygen atoms in total. The van der Waals surface area contributed by atoms with Gasteiger partial charge in [-0.25, -0.2) is 0 Å². The maximum Gasteiger partial charge on any atom is 0.410 e. The van der Waals surface area contributed by atoms with Gasteiger partial charge in [-0.3, -0.25) is 9.69 Å². The number of rotatable bonds is 4. The molecular formula is C24H24ClF6N3O2. The van der Waals surface area contributed by atoms with Crippen LogP contribution in [0, 0.1) is 0 Å². The van der Waals surface area contributed by atoms with E-state index in [9.17, 15) is 9.90 Å². The van der Waals surface area contributed by atoms with Crippen molar-refractivity contribution < 1.29 is 36.2 Å². The summed E-state index contributed by atoms with van der Waals surface area (Å²) in [6.45, 7) is -0.840. The first-order valence-corrected chi connectivity index (χ1v) is 11.7. The maximum absolute atomic E-state index is 15.2. The number of aliphatic hydroxyl groups is 1. The third-order valence-electron chi connectivity index (χ3n) is 7.05. The molecule has 2 fully saturated rings. The van der Waals surface area contributed by atoms with Crippen LogP contribution in [0.5, 0.6) is 0 Å². The summed E-state index contributed by atoms with van der Waals surface area (Å²) in [6, 6.07) is 10.1. The Labute approximate surface area is 208 Å². The van der Waals surface area contributed by atoms with Gasteiger partial charge >= 0.3 is 12.4 Å². The van der Waals surface area contributed by atoms with Crippen LogP contribution in [0.2, 0.25) is 5.02 Å². The van der Waals surface area contributed by atoms with E-state index in [2.05, 4.69) is 5.32 Å². The standard InChI is InChI=1S/C24H24ClF6N3O2/c25-18-8-6-16(7-9-18)20(36)34-13-10-19(35)22(34,33-14-11-32-12-15-33)21(23(26,27)28,24(29,30)31)17-4-2-1-3-5-17/h1-9,19,32,35H,10-15H2. The number of nitrogens with zero attached hydrogens (tertiary/aromatic N) is 2. The number of piperazine rings is 1. The van der Waals surface area contributed by atoms with E-state index in [4.69, 9.17) is 11.6 Å². The summed E-state index contributed by atoms with van der Waals surface area (Å²) >= 11 is 5.87. The van der Waals surface area contributed by atoms with Gasteiger partial charge in [0.15, 0.2) is 5.66 Å². The van der Waals surface area contributed by atoms with Gasteiger partial charge < -0.3 is 15.3 Å². The number of halogens is 7. The predicted octanol–water partition coefficient (Wildman–Crippen LogP) is 4.21. The Morgan fingerprint density at radius 1 is 0.917 bits per heavy atom. The Morgan fingerprint density at radius 2 is 1.47 bits per heavy atom. The quantitative estimate of drug-likeness (QED) is 0.576. The molecule has 0 radical (unpaired) electrons. The average molecular weight is 536 g/mol. The topological polar surface area (TPSA) is 55.8 Å². The molecule has 2 N–H and O–H groups in total. The second-order valence-electron chi connectivity index (χ2n) is 8.84. The molecule has 2 aromatic rings. The van der Waals surface area contributed by atoms with Gasteiger partial charge in [0.25, 0.3) is 5.91 Å². The highest BCUT2D eigenvalue weighted by molar-refractivity contribution is 6.30. The van der Waals surface area contributed by atoms with Crippen molar-refractivity contribution in [2.45, 2.75) is 36.0 Å². The Bertz CT molecular complexity index is 1060. The molecule has 1 amide bonds. The summed E-state index contributed by atoms with van der Waals surface area (Å²) in [5.41, 5.74) is -9.06. The van der Waals surface area contributed by atoms with Gasteiger partial charge in [-0.05, 0) is 36.2 Å². The number of hydrogen-bond acceptors (Lipinski definition) is 4. The molecule has 0 aliphatic carbocycles. The second-order valence-corrected chi connectivity index (χ2v) is 9.28. The van der Waals surface area contributed by atoms with Crippen LogP contribution in [0.25, 0.3) is 0 Å². The summed E-state index contributed by atoms with van der Waals surface area (Å²) in [5, 5.41) is 14.4. The molecule has 2 saturated heterocycles. The summed E-state index contributed by atoms with van der Waals surface area (Å²) < 4.78 is 91.5. The SMILES string of the molecule is O=C(c1ccc(Cl)cc1)N1CCC(O)C1(N1CCNCC1)C(c1ccccc1)(C(F)(F)F)C(F)(F)F. The number of carbonyl (C=O) groups is 1. The number of amides is 1. The summed E-state index contributed by atoms with van der Waals surface area (Å²) in [4.78, 5) is 15.2. The predicted molar refractivity (Wildman–Crippen MR) is 121 cm³/mol. The molecule has 2 aromatic carbocycles. The van der Waals surface area contributed by atoms with E-state index in [1.165, 1.54) is 30.3 Å². The first kappa shape index (κ1) is 26.7. The molecule has 2 heterocycles. The summed E-state index contributed by atoms with van der Waals surface area (Å²) in [7, 11) is 0. The summed E-state index contributed by atoms with van der Waals surface area (Å²) in [6.07, 6.45) is -14.5. The Morgan fingerprint density at radius 3 is 2.00 bits per heavy atom. The van der Waals surface area contributed by atoms with Gasteiger partial charge in [0, 0.05) is 43.3 Å². The van der Waals surface area contributed by atoms with Crippen molar-refractivity contribution in [2.24, 2.45) is 0 Å². The minimum absolute atomic E-state index is 0.0814. The average Bonchev–Trinajstić information content (AvgIpc) is 3.16. The van der Waals surface area contributed by atoms with Crippen molar-refractivity contribution in [3.05, 3.63) is 70.7 Å². The second kappa shape index (κ2) is 9.51. The lowest BCUT2D eigenvalue weighted by atomic mass is 9.64. The molecular weight excluding hydrogens is 512 g/mol. The van der Waals surface area contributed by atoms with Crippen LogP contribution in [0.4, 0.5) is 26.3 Å². The van der Waals surface area contributed by atoms with E-state index in [0.29, 0.717) is 4.90 Å². The van der Waals surface area contributed by atoms with Crippen LogP contribution < -0.4 is 5.32 Å². The lowest BCUT2D eigenvalue weighted by Gasteiger charge is -2.60. The molecule has 0 spiro atoms. The lowest BCUT2D eigenvalue weighted by Crippen LogP contribution is -2.82. The van der Waals surface area contributed by atoms with Crippen LogP contribution in [-0.2, 0) is 5.41 Å². The first-order valence-electron chi connectivity index (χ1n) is 11.3. The van der Waals surface area contributed by atoms with Crippen LogP contribution >= 0.6 is 11.6 Å². The first-order chi connectivity index (χ1) is 16.9. The number of aliphatic hydroxyl groups excluding tert-OH is 1. The fraction of sp³-hybridized carbons (Fsp3) is 0.458. The molecule has 0 saturated carbocycles. The molecule has 2 aliphatic heterocycles. The molecule has 2 atom stereocenters. The lowest BCUT2D eigenvalue weighted by molar-refractivity contribution is -0.360. The number of alkyl halides is 6. The van der Waals surface area contributed by atoms with Crippen molar-refractivity contribution in [2.75, 3.05) is 32.7 Å². The zero-order valence-corrected chi connectivity index (χ0v) is 19.7. The van der Waals surface area contributed by atoms with Gasteiger partial charge in [-0.1, -0.05) is 41.9 Å². The van der Waals surface area contributed by atoms with E-state index < -0.39 is 54.0 Å². The Hall–Kier alpha value is -2.34. The van der Waals surface area contributed by atoms with E-state index >= 15 is 26.3 Å². The summed E-state index contributed by atoms with van der Waals surface area (Å²) in [5.74, 6) is -1.06. The Balaban J connectivity index is 2.09. The fourth-order valence-corrected chi connectivity index (χ4v) is 5.82. The monoisotopic (exact) mass is 535 g/mol. The van der Waals surface area contributed by atoms with E-state index in [0.717, 1.165) is 29.2 Å². The van der Waals surface area contributed by atoms with Crippen LogP contribution in [-0.4, -0.2) is 77.7 Å². The van der Waals surface area contributed by atoms with Gasteiger partial charge in [-0.15, -0.1) is 0 Å². The largest absolute Gasteiger partial charge is 0.410 e. The molecule has 36 heavy (non-hydrogen) atoms. The van der Waals surface area contributed by atoms with Crippen molar-refractivity contribution in [1.82, 2.24) is 15.1 Å². The van der Waals surface area contributed by atoms with Crippen LogP contribution in [0.15, 0.2) is 54.6 Å². The number of hydrogen-bond donors (Lipinski definition) is 2. The maximum atomic E-state index is 15.2. The third kappa shape index (κ3) is 3.87. The van der Waals surface area contributed by atoms with Crippen molar-refractivity contribution >= 4 is 17.5 Å². The zero-order valence-electron chi connectivity index (χ0n) is 18.9. The normalized spacial score (nSPS) is 24.2. The highest BCUT2D eigenvalue weighted by Crippen LogP contribution is 2.63. The molecule has 0 bridgehead atoms. The van der Waals surface area contributed by atoms with Crippen molar-refractivity contribution in [1.29, 1.82) is 0 Å². The highest BCUT2D eigenvalue weighted by Gasteiger charge is 2.86. The van der Waals surface area contributed by atoms with Crippen molar-refractivity contribution in [3.8, 4) is 0 Å². The number of nitrogens with one attached hydrogen (secondary N) is 1. The molecule has 12 heteroatoms. The van der Waals surface area contributed by atoms with Gasteiger partial charge in [0.1, 0.15) is 0 Å². The molecule has 4 rings (SSSR count). The number of carbonyl (C=O) groups excluding carboxylic acids is 1. The van der Waals surface area contributed by atoms with Gasteiger partial charge in [0.05, 0.1) is 6.10 Å². The smallest absolute Gasteiger partial charge is 0.389 e. The van der Waals surface area contributed by atoms with E-state index in [1.54, 1.807) is 0 Å². The van der Waals surface area contributed by atoms with Crippen molar-refractivity contribution in [3.63, 3.8) is 0 Å². The van der Waals surface area contributed by atoms with Crippen LogP contribution in [0.1, 0.15) is 22.3 Å². The minimum atomic E-state index is -5.94. The highest BCUT2D eigenvalue weighted by atomic mass is 35.5. The molecule has 0 aromatic heterocycles. The fourth-order valence-electron chi connectivity index (χ4n) is 5.69. The minimum Gasteiger partial charge on any atom is -0.389 e. The number of likely N-dealkylation sites (tertiary alicyclic amines) is 1. The van der Waals surface area contributed by atoms with Gasteiger partial charge in [-0.2, -0.15) is 26.3 Å². The third-order valence-corrected chi connectivity index (χ3v) is 7.30. The van der Waals surface area contributed by atoms with E-state index in [1.807, 2.05) is 0 Å². The van der Waals surface area contributed by atoms with Crippen LogP contribution in [0.3, 0.4) is 0 Å². The zero-order chi connectivity index (χ0) is 26.4. The van der Waals surface area contributed by atoms with E-state index in [-0.39, 0.29) is 36.8 Å². The molecule has 196 valence electrons.